The van der Waals surface area contributed by atoms with Crippen LogP contribution in [0.1, 0.15) is 48.4 Å². The SMILES string of the molecule is COC[C@H]1C[C@H](n2nc(C#Cc3ccc4c(c3)nc(C)n4C3CC3)c3c(N)nccc32)CN1. The predicted molar refractivity (Wildman–Crippen MR) is 128 cm³/mol. The van der Waals surface area contributed by atoms with E-state index >= 15 is 0 Å². The number of nitrogens with two attached hydrogens (primary N) is 1. The first kappa shape index (κ1) is 20.2. The molecule has 0 radical (unpaired) electrons. The molecule has 3 aromatic heterocycles. The van der Waals surface area contributed by atoms with Crippen molar-refractivity contribution in [1.29, 1.82) is 0 Å². The summed E-state index contributed by atoms with van der Waals surface area (Å²) < 4.78 is 9.71. The second kappa shape index (κ2) is 7.87. The minimum absolute atomic E-state index is 0.218. The zero-order valence-electron chi connectivity index (χ0n) is 18.9. The third kappa shape index (κ3) is 3.54. The van der Waals surface area contributed by atoms with Crippen LogP contribution in [-0.4, -0.2) is 50.6 Å². The summed E-state index contributed by atoms with van der Waals surface area (Å²) in [5.41, 5.74) is 11.0. The fraction of sp³-hybridized carbons (Fsp3) is 0.400. The number of hydrogen-bond donors (Lipinski definition) is 2. The molecule has 1 aliphatic heterocycles. The molecule has 1 saturated carbocycles. The van der Waals surface area contributed by atoms with Crippen molar-refractivity contribution in [2.24, 2.45) is 0 Å². The standard InChI is InChI=1S/C25H27N7O/c1-15-29-21-11-16(4-8-22(21)31(15)18-5-6-18)3-7-20-24-23(9-10-27-25(24)26)32(30-20)19-12-17(14-33-2)28-13-19/h4,8-11,17-19,28H,5-6,12-14H2,1-2H3,(H2,26,27)/t17-,19+/m1/s1. The molecule has 3 N–H and O–H groups in total. The highest BCUT2D eigenvalue weighted by Crippen LogP contribution is 2.38. The number of imidazole rings is 1. The van der Waals surface area contributed by atoms with Gasteiger partial charge in [-0.15, -0.1) is 0 Å². The largest absolute Gasteiger partial charge is 0.383 e. The zero-order chi connectivity index (χ0) is 22.5. The molecule has 4 heterocycles. The monoisotopic (exact) mass is 441 g/mol. The van der Waals surface area contributed by atoms with Crippen molar-refractivity contribution < 1.29 is 4.74 Å². The van der Waals surface area contributed by atoms with Crippen molar-refractivity contribution in [3.63, 3.8) is 0 Å². The molecule has 0 spiro atoms. The summed E-state index contributed by atoms with van der Waals surface area (Å²) in [4.78, 5) is 9.05. The van der Waals surface area contributed by atoms with Gasteiger partial charge in [-0.1, -0.05) is 5.92 Å². The van der Waals surface area contributed by atoms with E-state index in [1.807, 2.05) is 10.7 Å². The number of fused-ring (bicyclic) bond motifs is 2. The lowest BCUT2D eigenvalue weighted by Gasteiger charge is -2.11. The Bertz CT molecular complexity index is 1420. The number of pyridine rings is 1. The number of ether oxygens (including phenoxy) is 1. The van der Waals surface area contributed by atoms with E-state index in [9.17, 15) is 0 Å². The fourth-order valence-electron chi connectivity index (χ4n) is 5.01. The Kier molecular flexibility index (Phi) is 4.82. The molecule has 1 aliphatic carbocycles. The smallest absolute Gasteiger partial charge is 0.147 e. The number of anilines is 1. The number of benzene rings is 1. The van der Waals surface area contributed by atoms with Gasteiger partial charge in [0.2, 0.25) is 0 Å². The van der Waals surface area contributed by atoms with Crippen LogP contribution in [-0.2, 0) is 4.74 Å². The second-order valence-corrected chi connectivity index (χ2v) is 9.05. The average Bonchev–Trinajstić information content (AvgIpc) is 3.25. The molecular formula is C25H27N7O. The molecule has 0 amide bonds. The number of methoxy groups -OCH3 is 1. The molecule has 8 heteroatoms. The van der Waals surface area contributed by atoms with E-state index in [-0.39, 0.29) is 6.04 Å². The van der Waals surface area contributed by atoms with E-state index in [2.05, 4.69) is 51.8 Å². The zero-order valence-corrected chi connectivity index (χ0v) is 18.9. The fourth-order valence-corrected chi connectivity index (χ4v) is 5.01. The Hall–Kier alpha value is -3.41. The van der Waals surface area contributed by atoms with Crippen molar-refractivity contribution in [1.82, 2.24) is 29.6 Å². The lowest BCUT2D eigenvalue weighted by atomic mass is 10.1. The minimum atomic E-state index is 0.218. The van der Waals surface area contributed by atoms with E-state index < -0.39 is 0 Å². The maximum Gasteiger partial charge on any atom is 0.147 e. The molecule has 0 bridgehead atoms. The summed E-state index contributed by atoms with van der Waals surface area (Å²) in [6.45, 7) is 3.59. The number of nitrogens with zero attached hydrogens (tertiary/aromatic N) is 5. The molecule has 6 rings (SSSR count). The van der Waals surface area contributed by atoms with Crippen LogP contribution in [0, 0.1) is 18.8 Å². The van der Waals surface area contributed by atoms with Gasteiger partial charge < -0.3 is 20.4 Å². The maximum absolute atomic E-state index is 6.26. The molecule has 8 nitrogen and oxygen atoms in total. The first-order valence-electron chi connectivity index (χ1n) is 11.5. The third-order valence-corrected chi connectivity index (χ3v) is 6.67. The number of aromatic nitrogens is 5. The lowest BCUT2D eigenvalue weighted by molar-refractivity contribution is 0.172. The van der Waals surface area contributed by atoms with Crippen LogP contribution in [0.2, 0.25) is 0 Å². The van der Waals surface area contributed by atoms with E-state index in [4.69, 9.17) is 20.6 Å². The van der Waals surface area contributed by atoms with Gasteiger partial charge in [0.15, 0.2) is 0 Å². The summed E-state index contributed by atoms with van der Waals surface area (Å²) in [5.74, 6) is 8.07. The van der Waals surface area contributed by atoms with Crippen LogP contribution in [0.25, 0.3) is 21.9 Å². The molecule has 2 aliphatic rings. The molecule has 0 unspecified atom stereocenters. The summed E-state index contributed by atoms with van der Waals surface area (Å²) in [6, 6.07) is 9.36. The van der Waals surface area contributed by atoms with Gasteiger partial charge in [0.25, 0.3) is 0 Å². The third-order valence-electron chi connectivity index (χ3n) is 6.67. The molecule has 2 fully saturated rings. The van der Waals surface area contributed by atoms with Crippen molar-refractivity contribution in [3.05, 3.63) is 47.5 Å². The first-order valence-corrected chi connectivity index (χ1v) is 11.5. The van der Waals surface area contributed by atoms with Crippen molar-refractivity contribution in [2.45, 2.75) is 44.3 Å². The Balaban J connectivity index is 1.37. The highest BCUT2D eigenvalue weighted by Gasteiger charge is 2.28. The highest BCUT2D eigenvalue weighted by molar-refractivity contribution is 5.93. The summed E-state index contributed by atoms with van der Waals surface area (Å²) in [6.07, 6.45) is 5.15. The number of hydrogen-bond acceptors (Lipinski definition) is 6. The van der Waals surface area contributed by atoms with Crippen LogP contribution in [0.15, 0.2) is 30.5 Å². The van der Waals surface area contributed by atoms with Crippen molar-refractivity contribution >= 4 is 27.8 Å². The van der Waals surface area contributed by atoms with Gasteiger partial charge in [-0.2, -0.15) is 5.10 Å². The predicted octanol–water partition coefficient (Wildman–Crippen LogP) is 2.96. The molecule has 2 atom stereocenters. The first-order chi connectivity index (χ1) is 16.1. The Labute approximate surface area is 192 Å². The number of nitrogen functional groups attached to an aromatic ring is 1. The van der Waals surface area contributed by atoms with E-state index in [1.165, 1.54) is 18.4 Å². The van der Waals surface area contributed by atoms with Gasteiger partial charge in [-0.25, -0.2) is 9.97 Å². The van der Waals surface area contributed by atoms with Gasteiger partial charge in [0.05, 0.1) is 34.6 Å². The quantitative estimate of drug-likeness (QED) is 0.473. The van der Waals surface area contributed by atoms with Crippen molar-refractivity contribution in [2.75, 3.05) is 26.0 Å². The summed E-state index contributed by atoms with van der Waals surface area (Å²) in [5, 5.41) is 9.20. The molecule has 4 aromatic rings. The maximum atomic E-state index is 6.26. The summed E-state index contributed by atoms with van der Waals surface area (Å²) in [7, 11) is 1.73. The second-order valence-electron chi connectivity index (χ2n) is 9.05. The van der Waals surface area contributed by atoms with Crippen LogP contribution in [0.4, 0.5) is 5.82 Å². The van der Waals surface area contributed by atoms with Crippen LogP contribution >= 0.6 is 0 Å². The van der Waals surface area contributed by atoms with Gasteiger partial charge in [0.1, 0.15) is 17.3 Å². The Morgan fingerprint density at radius 3 is 2.88 bits per heavy atom. The van der Waals surface area contributed by atoms with Crippen LogP contribution in [0.3, 0.4) is 0 Å². The van der Waals surface area contributed by atoms with Gasteiger partial charge in [0, 0.05) is 37.5 Å². The molecular weight excluding hydrogens is 414 g/mol. The highest BCUT2D eigenvalue weighted by atomic mass is 16.5. The normalized spacial score (nSPS) is 20.4. The average molecular weight is 442 g/mol. The van der Waals surface area contributed by atoms with Crippen LogP contribution in [0.5, 0.6) is 0 Å². The Morgan fingerprint density at radius 1 is 1.18 bits per heavy atom. The van der Waals surface area contributed by atoms with E-state index in [0.717, 1.165) is 40.8 Å². The van der Waals surface area contributed by atoms with E-state index in [1.54, 1.807) is 13.3 Å². The summed E-state index contributed by atoms with van der Waals surface area (Å²) >= 11 is 0. The Morgan fingerprint density at radius 2 is 2.06 bits per heavy atom. The van der Waals surface area contributed by atoms with Crippen LogP contribution < -0.4 is 11.1 Å². The lowest BCUT2D eigenvalue weighted by Crippen LogP contribution is -2.25. The molecule has 1 saturated heterocycles. The molecule has 1 aromatic carbocycles. The van der Waals surface area contributed by atoms with E-state index in [0.29, 0.717) is 30.2 Å². The van der Waals surface area contributed by atoms with Gasteiger partial charge in [-0.05, 0) is 56.4 Å². The van der Waals surface area contributed by atoms with Gasteiger partial charge >= 0.3 is 0 Å². The number of rotatable bonds is 4. The van der Waals surface area contributed by atoms with Crippen molar-refractivity contribution in [3.8, 4) is 11.8 Å². The van der Waals surface area contributed by atoms with Gasteiger partial charge in [-0.3, -0.25) is 4.68 Å². The topological polar surface area (TPSA) is 95.8 Å². The molecule has 33 heavy (non-hydrogen) atoms. The molecule has 168 valence electrons. The number of nitrogens with one attached hydrogen (secondary N) is 1. The minimum Gasteiger partial charge on any atom is -0.383 e. The number of aryl methyl sites for hydroxylation is 1.